The van der Waals surface area contributed by atoms with Crippen LogP contribution in [0.2, 0.25) is 0 Å². The summed E-state index contributed by atoms with van der Waals surface area (Å²) in [5, 5.41) is 20.8. The minimum atomic E-state index is -1.34. The Bertz CT molecular complexity index is 1680. The molecule has 11 nitrogen and oxygen atoms in total. The van der Waals surface area contributed by atoms with Crippen LogP contribution in [0.25, 0.3) is 10.9 Å². The first-order chi connectivity index (χ1) is 22.4. The Morgan fingerprint density at radius 3 is 2.09 bits per heavy atom. The fourth-order valence-corrected chi connectivity index (χ4v) is 5.05. The van der Waals surface area contributed by atoms with Gasteiger partial charge in [0.05, 0.1) is 30.6 Å². The smallest absolute Gasteiger partial charge is 0.318 e. The first-order valence-corrected chi connectivity index (χ1v) is 15.5. The predicted octanol–water partition coefficient (Wildman–Crippen LogP) is 3.31. The predicted molar refractivity (Wildman–Crippen MR) is 180 cm³/mol. The van der Waals surface area contributed by atoms with E-state index in [1.54, 1.807) is 18.2 Å². The highest BCUT2D eigenvalue weighted by atomic mass is 16.3. The van der Waals surface area contributed by atoms with Gasteiger partial charge >= 0.3 is 6.03 Å². The van der Waals surface area contributed by atoms with E-state index in [-0.39, 0.29) is 31.2 Å². The van der Waals surface area contributed by atoms with Crippen LogP contribution in [0, 0.1) is 0 Å². The van der Waals surface area contributed by atoms with Crippen LogP contribution in [0.15, 0.2) is 97.1 Å². The molecule has 1 heterocycles. The van der Waals surface area contributed by atoms with E-state index in [9.17, 15) is 24.3 Å². The Morgan fingerprint density at radius 2 is 1.45 bits per heavy atom. The van der Waals surface area contributed by atoms with Crippen molar-refractivity contribution in [1.29, 1.82) is 0 Å². The summed E-state index contributed by atoms with van der Waals surface area (Å²) < 4.78 is 0. The van der Waals surface area contributed by atoms with E-state index in [0.29, 0.717) is 5.52 Å². The molecule has 0 aliphatic heterocycles. The average molecular weight is 639 g/mol. The van der Waals surface area contributed by atoms with Gasteiger partial charge in [0.1, 0.15) is 11.7 Å². The summed E-state index contributed by atoms with van der Waals surface area (Å²) in [7, 11) is 0. The van der Waals surface area contributed by atoms with Gasteiger partial charge in [-0.05, 0) is 50.5 Å². The number of carbonyl (C=O) groups is 4. The van der Waals surface area contributed by atoms with Crippen molar-refractivity contribution in [2.75, 3.05) is 6.54 Å². The van der Waals surface area contributed by atoms with Crippen molar-refractivity contribution in [3.8, 4) is 0 Å². The van der Waals surface area contributed by atoms with E-state index in [1.807, 2.05) is 93.6 Å². The lowest BCUT2D eigenvalue weighted by Crippen LogP contribution is -2.57. The van der Waals surface area contributed by atoms with Crippen LogP contribution in [0.3, 0.4) is 0 Å². The Kier molecular flexibility index (Phi) is 11.6. The monoisotopic (exact) mass is 638 g/mol. The van der Waals surface area contributed by atoms with Crippen molar-refractivity contribution in [2.24, 2.45) is 5.73 Å². The highest BCUT2D eigenvalue weighted by molar-refractivity contribution is 5.99. The minimum Gasteiger partial charge on any atom is -0.389 e. The van der Waals surface area contributed by atoms with Crippen LogP contribution in [0.1, 0.15) is 48.8 Å². The second-order valence-electron chi connectivity index (χ2n) is 12.5. The molecule has 3 aromatic carbocycles. The molecule has 0 bridgehead atoms. The third-order valence-electron chi connectivity index (χ3n) is 7.34. The van der Waals surface area contributed by atoms with Crippen LogP contribution in [-0.4, -0.2) is 69.0 Å². The fraction of sp³-hybridized carbons (Fsp3) is 0.306. The summed E-state index contributed by atoms with van der Waals surface area (Å²) >= 11 is 0. The van der Waals surface area contributed by atoms with Gasteiger partial charge in [-0.3, -0.25) is 14.4 Å². The van der Waals surface area contributed by atoms with E-state index in [2.05, 4.69) is 20.9 Å². The Balaban J connectivity index is 1.56. The Morgan fingerprint density at radius 1 is 0.830 bits per heavy atom. The molecule has 0 saturated carbocycles. The summed E-state index contributed by atoms with van der Waals surface area (Å²) in [5.41, 5.74) is 7.28. The van der Waals surface area contributed by atoms with Gasteiger partial charge in [0.25, 0.3) is 5.91 Å². The highest BCUT2D eigenvalue weighted by Gasteiger charge is 2.31. The third kappa shape index (κ3) is 10.6. The number of nitrogens with two attached hydrogens (primary N) is 1. The molecular weight excluding hydrogens is 596 g/mol. The van der Waals surface area contributed by atoms with E-state index < -0.39 is 47.9 Å². The summed E-state index contributed by atoms with van der Waals surface area (Å²) in [4.78, 5) is 58.1. The van der Waals surface area contributed by atoms with Gasteiger partial charge in [0.15, 0.2) is 0 Å². The van der Waals surface area contributed by atoms with Crippen LogP contribution in [0.4, 0.5) is 4.79 Å². The highest BCUT2D eigenvalue weighted by Crippen LogP contribution is 2.14. The number of fused-ring (bicyclic) bond motifs is 1. The molecule has 0 aliphatic rings. The standard InChI is InChI=1S/C36H42N6O5/c1-36(2,3)41-35(47)42(22-25-14-8-5-9-15-25)23-31(43)29(20-24-12-6-4-7-13-24)39-34(46)30(21-32(37)44)40-33(45)28-19-18-26-16-10-11-17-27(26)38-28/h4-19,29-31,43H,20-23H2,1-3H3,(H2,37,44)(H,39,46)(H,40,45)(H,41,47)/t29-,30-,31-/m0/s1. The molecule has 0 saturated heterocycles. The number of nitrogens with one attached hydrogen (secondary N) is 3. The number of aliphatic hydroxyl groups excluding tert-OH is 1. The maximum Gasteiger partial charge on any atom is 0.318 e. The number of para-hydroxylation sites is 1. The SMILES string of the molecule is CC(C)(C)NC(=O)N(Cc1ccccc1)C[C@H](O)[C@H](Cc1ccccc1)NC(=O)[C@H](CC(N)=O)NC(=O)c1ccc2ccccc2n1. The summed E-state index contributed by atoms with van der Waals surface area (Å²) in [6.45, 7) is 5.68. The number of hydrogen-bond donors (Lipinski definition) is 5. The number of benzene rings is 3. The molecular formula is C36H42N6O5. The topological polar surface area (TPSA) is 167 Å². The summed E-state index contributed by atoms with van der Waals surface area (Å²) in [6, 6.07) is 26.5. The number of urea groups is 1. The number of aromatic nitrogens is 1. The van der Waals surface area contributed by atoms with Crippen LogP contribution in [-0.2, 0) is 22.6 Å². The molecule has 0 aliphatic carbocycles. The van der Waals surface area contributed by atoms with E-state index in [0.717, 1.165) is 16.5 Å². The van der Waals surface area contributed by atoms with E-state index >= 15 is 0 Å². The first-order valence-electron chi connectivity index (χ1n) is 15.5. The van der Waals surface area contributed by atoms with Crippen LogP contribution < -0.4 is 21.7 Å². The van der Waals surface area contributed by atoms with Crippen molar-refractivity contribution >= 4 is 34.7 Å². The zero-order chi connectivity index (χ0) is 34.0. The number of nitrogens with zero attached hydrogens (tertiary/aromatic N) is 2. The lowest BCUT2D eigenvalue weighted by molar-refractivity contribution is -0.128. The van der Waals surface area contributed by atoms with Crippen molar-refractivity contribution in [2.45, 2.75) is 63.9 Å². The average Bonchev–Trinajstić information content (AvgIpc) is 3.03. The number of hydrogen-bond acceptors (Lipinski definition) is 6. The zero-order valence-electron chi connectivity index (χ0n) is 26.9. The van der Waals surface area contributed by atoms with E-state index in [4.69, 9.17) is 5.73 Å². The first kappa shape index (κ1) is 34.6. The van der Waals surface area contributed by atoms with Gasteiger partial charge in [-0.15, -0.1) is 0 Å². The van der Waals surface area contributed by atoms with Gasteiger partial charge < -0.3 is 31.7 Å². The fourth-order valence-electron chi connectivity index (χ4n) is 5.05. The second-order valence-corrected chi connectivity index (χ2v) is 12.5. The Hall–Kier alpha value is -5.29. The second kappa shape index (κ2) is 15.8. The quantitative estimate of drug-likeness (QED) is 0.151. The lowest BCUT2D eigenvalue weighted by atomic mass is 9.99. The van der Waals surface area contributed by atoms with Gasteiger partial charge in [0, 0.05) is 17.5 Å². The molecule has 5 amide bonds. The number of aliphatic hydroxyl groups is 1. The van der Waals surface area contributed by atoms with Crippen LogP contribution >= 0.6 is 0 Å². The third-order valence-corrected chi connectivity index (χ3v) is 7.34. The Labute approximate surface area is 274 Å². The van der Waals surface area contributed by atoms with Crippen molar-refractivity contribution in [1.82, 2.24) is 25.8 Å². The molecule has 0 fully saturated rings. The van der Waals surface area contributed by atoms with Gasteiger partial charge in [-0.1, -0.05) is 84.9 Å². The number of primary amides is 1. The number of amides is 5. The molecule has 0 spiro atoms. The van der Waals surface area contributed by atoms with Crippen LogP contribution in [0.5, 0.6) is 0 Å². The van der Waals surface area contributed by atoms with Gasteiger partial charge in [-0.2, -0.15) is 0 Å². The largest absolute Gasteiger partial charge is 0.389 e. The summed E-state index contributed by atoms with van der Waals surface area (Å²) in [5.74, 6) is -2.18. The number of rotatable bonds is 13. The zero-order valence-corrected chi connectivity index (χ0v) is 26.9. The normalized spacial score (nSPS) is 13.2. The molecule has 0 radical (unpaired) electrons. The van der Waals surface area contributed by atoms with Crippen molar-refractivity contribution < 1.29 is 24.3 Å². The lowest BCUT2D eigenvalue weighted by Gasteiger charge is -2.33. The molecule has 4 rings (SSSR count). The van der Waals surface area contributed by atoms with Crippen molar-refractivity contribution in [3.63, 3.8) is 0 Å². The molecule has 246 valence electrons. The van der Waals surface area contributed by atoms with Gasteiger partial charge in [-0.25, -0.2) is 9.78 Å². The van der Waals surface area contributed by atoms with Crippen molar-refractivity contribution in [3.05, 3.63) is 114 Å². The van der Waals surface area contributed by atoms with Gasteiger partial charge in [0.2, 0.25) is 11.8 Å². The maximum atomic E-state index is 13.7. The van der Waals surface area contributed by atoms with E-state index in [1.165, 1.54) is 11.0 Å². The minimum absolute atomic E-state index is 0.0632. The number of carbonyl (C=O) groups excluding carboxylic acids is 4. The molecule has 3 atom stereocenters. The molecule has 6 N–H and O–H groups in total. The number of pyridine rings is 1. The maximum absolute atomic E-state index is 13.7. The molecule has 0 unspecified atom stereocenters. The summed E-state index contributed by atoms with van der Waals surface area (Å²) in [6.07, 6.45) is -1.51. The molecule has 47 heavy (non-hydrogen) atoms. The molecule has 4 aromatic rings. The molecule has 1 aromatic heterocycles. The molecule has 11 heteroatoms.